The normalized spacial score (nSPS) is 20.6. The van der Waals surface area contributed by atoms with Gasteiger partial charge in [-0.25, -0.2) is 4.79 Å². The van der Waals surface area contributed by atoms with Gasteiger partial charge in [-0.05, 0) is 31.1 Å². The SMILES string of the molecule is COc1c(Cl)cc(Br)cc1/C=C1\NC(=O)N(C2CCCCC2)C1=O. The van der Waals surface area contributed by atoms with Gasteiger partial charge in [0.05, 0.1) is 12.1 Å². The lowest BCUT2D eigenvalue weighted by atomic mass is 9.94. The minimum atomic E-state index is -0.349. The second-order valence-corrected chi connectivity index (χ2v) is 7.29. The first kappa shape index (κ1) is 17.3. The predicted octanol–water partition coefficient (Wildman–Crippen LogP) is 4.34. The number of amides is 3. The van der Waals surface area contributed by atoms with Gasteiger partial charge in [0.15, 0.2) is 0 Å². The number of benzene rings is 1. The summed E-state index contributed by atoms with van der Waals surface area (Å²) in [5.74, 6) is 0.176. The highest BCUT2D eigenvalue weighted by Gasteiger charge is 2.39. The Morgan fingerprint density at radius 3 is 2.67 bits per heavy atom. The number of imide groups is 1. The van der Waals surface area contributed by atoms with E-state index in [2.05, 4.69) is 21.2 Å². The Morgan fingerprint density at radius 2 is 2.00 bits per heavy atom. The van der Waals surface area contributed by atoms with Crippen LogP contribution in [0.15, 0.2) is 22.3 Å². The monoisotopic (exact) mass is 412 g/mol. The Bertz CT molecular complexity index is 714. The van der Waals surface area contributed by atoms with E-state index in [0.717, 1.165) is 36.6 Å². The predicted molar refractivity (Wildman–Crippen MR) is 95.9 cm³/mol. The van der Waals surface area contributed by atoms with Crippen LogP contribution in [0.3, 0.4) is 0 Å². The summed E-state index contributed by atoms with van der Waals surface area (Å²) >= 11 is 9.54. The Hall–Kier alpha value is -1.53. The zero-order chi connectivity index (χ0) is 17.3. The molecule has 0 atom stereocenters. The number of ether oxygens (including phenoxy) is 1. The van der Waals surface area contributed by atoms with Gasteiger partial charge in [0.2, 0.25) is 0 Å². The molecular weight excluding hydrogens is 396 g/mol. The van der Waals surface area contributed by atoms with Crippen molar-refractivity contribution in [3.05, 3.63) is 32.9 Å². The van der Waals surface area contributed by atoms with Crippen LogP contribution >= 0.6 is 27.5 Å². The number of nitrogens with zero attached hydrogens (tertiary/aromatic N) is 1. The molecule has 24 heavy (non-hydrogen) atoms. The molecular formula is C17H18BrClN2O3. The summed E-state index contributed by atoms with van der Waals surface area (Å²) < 4.78 is 6.08. The smallest absolute Gasteiger partial charge is 0.329 e. The zero-order valence-corrected chi connectivity index (χ0v) is 15.6. The zero-order valence-electron chi connectivity index (χ0n) is 13.3. The van der Waals surface area contributed by atoms with Crippen molar-refractivity contribution in [3.63, 3.8) is 0 Å². The molecule has 1 heterocycles. The third kappa shape index (κ3) is 3.30. The fourth-order valence-corrected chi connectivity index (χ4v) is 4.19. The van der Waals surface area contributed by atoms with Crippen molar-refractivity contribution < 1.29 is 14.3 Å². The third-order valence-electron chi connectivity index (χ3n) is 4.39. The summed E-state index contributed by atoms with van der Waals surface area (Å²) in [6, 6.07) is 3.15. The van der Waals surface area contributed by atoms with Crippen molar-refractivity contribution in [3.8, 4) is 5.75 Å². The van der Waals surface area contributed by atoms with Crippen molar-refractivity contribution in [1.29, 1.82) is 0 Å². The number of methoxy groups -OCH3 is 1. The number of carbonyl (C=O) groups is 2. The number of rotatable bonds is 3. The maximum atomic E-state index is 12.7. The van der Waals surface area contributed by atoms with Crippen LogP contribution in [-0.4, -0.2) is 30.0 Å². The number of halogens is 2. The van der Waals surface area contributed by atoms with Crippen molar-refractivity contribution in [2.45, 2.75) is 38.1 Å². The maximum Gasteiger partial charge on any atom is 0.329 e. The molecule has 1 aliphatic heterocycles. The molecule has 1 saturated carbocycles. The molecule has 0 unspecified atom stereocenters. The van der Waals surface area contributed by atoms with Crippen LogP contribution in [0.5, 0.6) is 5.75 Å². The Balaban J connectivity index is 1.92. The number of carbonyl (C=O) groups excluding carboxylic acids is 2. The summed E-state index contributed by atoms with van der Waals surface area (Å²) in [5.41, 5.74) is 0.879. The summed E-state index contributed by atoms with van der Waals surface area (Å²) in [6.07, 6.45) is 6.62. The Labute approximate surface area is 154 Å². The van der Waals surface area contributed by atoms with Gasteiger partial charge in [0.25, 0.3) is 5.91 Å². The molecule has 1 aromatic carbocycles. The molecule has 1 N–H and O–H groups in total. The van der Waals surface area contributed by atoms with E-state index in [1.54, 1.807) is 18.2 Å². The van der Waals surface area contributed by atoms with Gasteiger partial charge in [-0.3, -0.25) is 9.69 Å². The molecule has 0 radical (unpaired) electrons. The number of nitrogens with one attached hydrogen (secondary N) is 1. The number of hydrogen-bond acceptors (Lipinski definition) is 3. The van der Waals surface area contributed by atoms with E-state index in [0.29, 0.717) is 16.3 Å². The van der Waals surface area contributed by atoms with Gasteiger partial charge in [-0.2, -0.15) is 0 Å². The molecule has 128 valence electrons. The fourth-order valence-electron chi connectivity index (χ4n) is 3.28. The molecule has 0 bridgehead atoms. The molecule has 2 fully saturated rings. The van der Waals surface area contributed by atoms with Crippen LogP contribution in [-0.2, 0) is 4.79 Å². The highest BCUT2D eigenvalue weighted by Crippen LogP contribution is 2.34. The first-order valence-electron chi connectivity index (χ1n) is 7.90. The van der Waals surface area contributed by atoms with Crippen molar-refractivity contribution in [2.75, 3.05) is 7.11 Å². The van der Waals surface area contributed by atoms with Gasteiger partial charge in [0, 0.05) is 16.1 Å². The first-order chi connectivity index (χ1) is 11.5. The minimum absolute atomic E-state index is 0.00913. The van der Waals surface area contributed by atoms with Crippen LogP contribution in [0.4, 0.5) is 4.79 Å². The lowest BCUT2D eigenvalue weighted by Gasteiger charge is -2.28. The van der Waals surface area contributed by atoms with Gasteiger partial charge in [-0.15, -0.1) is 0 Å². The summed E-state index contributed by atoms with van der Waals surface area (Å²) in [7, 11) is 1.51. The van der Waals surface area contributed by atoms with E-state index < -0.39 is 0 Å². The summed E-state index contributed by atoms with van der Waals surface area (Å²) in [4.78, 5) is 26.3. The number of urea groups is 1. The van der Waals surface area contributed by atoms with Gasteiger partial charge < -0.3 is 10.1 Å². The lowest BCUT2D eigenvalue weighted by molar-refractivity contribution is -0.124. The molecule has 0 spiro atoms. The lowest BCUT2D eigenvalue weighted by Crippen LogP contribution is -2.41. The highest BCUT2D eigenvalue weighted by atomic mass is 79.9. The quantitative estimate of drug-likeness (QED) is 0.592. The number of hydrogen-bond donors (Lipinski definition) is 1. The highest BCUT2D eigenvalue weighted by molar-refractivity contribution is 9.10. The van der Waals surface area contributed by atoms with E-state index in [-0.39, 0.29) is 23.7 Å². The van der Waals surface area contributed by atoms with Gasteiger partial charge >= 0.3 is 6.03 Å². The Morgan fingerprint density at radius 1 is 1.29 bits per heavy atom. The van der Waals surface area contributed by atoms with Crippen LogP contribution in [0, 0.1) is 0 Å². The maximum absolute atomic E-state index is 12.7. The topological polar surface area (TPSA) is 58.6 Å². The standard InChI is InChI=1S/C17H18BrClN2O3/c1-24-15-10(7-11(18)9-13(15)19)8-14-16(22)21(17(23)20-14)12-5-3-2-4-6-12/h7-9,12H,2-6H2,1H3,(H,20,23)/b14-8-. The average Bonchev–Trinajstić information content (AvgIpc) is 2.82. The van der Waals surface area contributed by atoms with Crippen LogP contribution < -0.4 is 10.1 Å². The van der Waals surface area contributed by atoms with Crippen molar-refractivity contribution in [2.24, 2.45) is 0 Å². The molecule has 2 aliphatic rings. The summed E-state index contributed by atoms with van der Waals surface area (Å²) in [5, 5.41) is 3.10. The van der Waals surface area contributed by atoms with Crippen LogP contribution in [0.2, 0.25) is 5.02 Å². The molecule has 1 saturated heterocycles. The largest absolute Gasteiger partial charge is 0.495 e. The van der Waals surface area contributed by atoms with E-state index in [1.165, 1.54) is 12.0 Å². The second-order valence-electron chi connectivity index (χ2n) is 5.97. The third-order valence-corrected chi connectivity index (χ3v) is 5.13. The minimum Gasteiger partial charge on any atom is -0.495 e. The van der Waals surface area contributed by atoms with Crippen LogP contribution in [0.25, 0.3) is 6.08 Å². The van der Waals surface area contributed by atoms with Gasteiger partial charge in [0.1, 0.15) is 11.4 Å². The Kier molecular flexibility index (Phi) is 5.15. The van der Waals surface area contributed by atoms with E-state index >= 15 is 0 Å². The molecule has 0 aromatic heterocycles. The molecule has 1 aromatic rings. The van der Waals surface area contributed by atoms with E-state index in [1.807, 2.05) is 0 Å². The van der Waals surface area contributed by atoms with Crippen molar-refractivity contribution >= 4 is 45.5 Å². The molecule has 7 heteroatoms. The fraction of sp³-hybridized carbons (Fsp3) is 0.412. The summed E-state index contributed by atoms with van der Waals surface area (Å²) in [6.45, 7) is 0. The molecule has 5 nitrogen and oxygen atoms in total. The van der Waals surface area contributed by atoms with Crippen molar-refractivity contribution in [1.82, 2.24) is 10.2 Å². The molecule has 3 rings (SSSR count). The van der Waals surface area contributed by atoms with Crippen LogP contribution in [0.1, 0.15) is 37.7 Å². The van der Waals surface area contributed by atoms with E-state index in [4.69, 9.17) is 16.3 Å². The second kappa shape index (κ2) is 7.15. The average molecular weight is 414 g/mol. The van der Waals surface area contributed by atoms with E-state index in [9.17, 15) is 9.59 Å². The molecule has 1 aliphatic carbocycles. The first-order valence-corrected chi connectivity index (χ1v) is 9.07. The molecule has 3 amide bonds. The van der Waals surface area contributed by atoms with Gasteiger partial charge in [-0.1, -0.05) is 46.8 Å².